The molecule has 9 heteroatoms. The third kappa shape index (κ3) is 4.51. The third-order valence-corrected chi connectivity index (χ3v) is 6.00. The Labute approximate surface area is 183 Å². The van der Waals surface area contributed by atoms with E-state index in [2.05, 4.69) is 25.6 Å². The van der Waals surface area contributed by atoms with E-state index in [9.17, 15) is 9.18 Å². The van der Waals surface area contributed by atoms with Crippen molar-refractivity contribution < 1.29 is 9.18 Å². The zero-order valence-corrected chi connectivity index (χ0v) is 18.2. The van der Waals surface area contributed by atoms with Crippen LogP contribution in [0.2, 0.25) is 0 Å². The number of anilines is 1. The molecule has 2 aromatic heterocycles. The first-order valence-corrected chi connectivity index (χ1v) is 10.6. The first-order valence-electron chi connectivity index (χ1n) is 9.83. The van der Waals surface area contributed by atoms with E-state index in [0.29, 0.717) is 30.0 Å². The molecule has 0 saturated heterocycles. The molecule has 0 unspecified atom stereocenters. The lowest BCUT2D eigenvalue weighted by molar-refractivity contribution is -0.118. The molecule has 0 spiro atoms. The van der Waals surface area contributed by atoms with E-state index in [1.807, 2.05) is 38.1 Å². The van der Waals surface area contributed by atoms with E-state index in [1.54, 1.807) is 29.2 Å². The highest BCUT2D eigenvalue weighted by Gasteiger charge is 2.18. The number of benzene rings is 2. The molecule has 0 aliphatic heterocycles. The Hall–Kier alpha value is -3.46. The lowest BCUT2D eigenvalue weighted by atomic mass is 10.1. The number of carbonyl (C=O) groups excluding carboxylic acids is 1. The number of aromatic amines is 1. The number of carbonyl (C=O) groups is 1. The molecule has 4 rings (SSSR count). The van der Waals surface area contributed by atoms with Crippen LogP contribution < -0.4 is 4.90 Å². The van der Waals surface area contributed by atoms with Gasteiger partial charge in [0.15, 0.2) is 5.82 Å². The summed E-state index contributed by atoms with van der Waals surface area (Å²) >= 11 is 1.66. The molecular formula is C22H21FN6OS. The number of nitrogens with one attached hydrogen (secondary N) is 1. The minimum absolute atomic E-state index is 0.106. The van der Waals surface area contributed by atoms with E-state index in [-0.39, 0.29) is 5.91 Å². The maximum Gasteiger partial charge on any atom is 0.227 e. The van der Waals surface area contributed by atoms with Crippen LogP contribution in [0, 0.1) is 19.7 Å². The summed E-state index contributed by atoms with van der Waals surface area (Å²) in [5, 5.41) is 14.6. The van der Waals surface area contributed by atoms with Crippen LogP contribution >= 0.6 is 11.3 Å². The van der Waals surface area contributed by atoms with Crippen LogP contribution in [0.3, 0.4) is 0 Å². The summed E-state index contributed by atoms with van der Waals surface area (Å²) in [5.41, 5.74) is 3.96. The predicted molar refractivity (Wildman–Crippen MR) is 118 cm³/mol. The van der Waals surface area contributed by atoms with Crippen LogP contribution in [0.25, 0.3) is 21.8 Å². The van der Waals surface area contributed by atoms with Gasteiger partial charge in [0.25, 0.3) is 0 Å². The number of thiazole rings is 1. The summed E-state index contributed by atoms with van der Waals surface area (Å²) < 4.78 is 14.3. The number of rotatable bonds is 6. The minimum atomic E-state index is -0.468. The Morgan fingerprint density at radius 3 is 2.52 bits per heavy atom. The summed E-state index contributed by atoms with van der Waals surface area (Å²) in [6, 6.07) is 12.4. The van der Waals surface area contributed by atoms with Crippen LogP contribution in [0.1, 0.15) is 29.6 Å². The molecule has 1 N–H and O–H groups in total. The Bertz CT molecular complexity index is 1200. The molecule has 2 heterocycles. The lowest BCUT2D eigenvalue weighted by Gasteiger charge is -2.23. The first kappa shape index (κ1) is 20.8. The van der Waals surface area contributed by atoms with Gasteiger partial charge < -0.3 is 4.90 Å². The van der Waals surface area contributed by atoms with Crippen LogP contribution in [-0.4, -0.2) is 31.5 Å². The van der Waals surface area contributed by atoms with Crippen molar-refractivity contribution in [3.8, 4) is 21.8 Å². The first-order chi connectivity index (χ1) is 14.9. The van der Waals surface area contributed by atoms with Gasteiger partial charge in [0.05, 0.1) is 22.1 Å². The fraction of sp³-hybridized carbons (Fsp3) is 0.227. The SMILES string of the molecule is CCC(=O)N(Cc1ccc(-c2sc(C)nc2C)cc1)c1cc(F)cc(-c2nnn[nH]2)c1. The van der Waals surface area contributed by atoms with Gasteiger partial charge in [0.2, 0.25) is 5.91 Å². The molecule has 0 aliphatic carbocycles. The molecule has 4 aromatic rings. The van der Waals surface area contributed by atoms with Crippen molar-refractivity contribution in [2.24, 2.45) is 0 Å². The molecule has 0 radical (unpaired) electrons. The van der Waals surface area contributed by atoms with Crippen LogP contribution in [0.15, 0.2) is 42.5 Å². The van der Waals surface area contributed by atoms with Gasteiger partial charge >= 0.3 is 0 Å². The molecule has 2 aromatic carbocycles. The number of hydrogen-bond donors (Lipinski definition) is 1. The fourth-order valence-corrected chi connectivity index (χ4v) is 4.33. The summed E-state index contributed by atoms with van der Waals surface area (Å²) in [6.07, 6.45) is 0.299. The van der Waals surface area contributed by atoms with E-state index in [1.165, 1.54) is 12.1 Å². The zero-order chi connectivity index (χ0) is 22.0. The van der Waals surface area contributed by atoms with Gasteiger partial charge in [-0.25, -0.2) is 14.5 Å². The molecule has 0 fully saturated rings. The van der Waals surface area contributed by atoms with Gasteiger partial charge in [-0.2, -0.15) is 0 Å². The lowest BCUT2D eigenvalue weighted by Crippen LogP contribution is -2.29. The smallest absolute Gasteiger partial charge is 0.227 e. The predicted octanol–water partition coefficient (Wildman–Crippen LogP) is 4.69. The van der Waals surface area contributed by atoms with Crippen molar-refractivity contribution in [1.82, 2.24) is 25.6 Å². The molecular weight excluding hydrogens is 415 g/mol. The second kappa shape index (κ2) is 8.73. The molecule has 158 valence electrons. The largest absolute Gasteiger partial charge is 0.308 e. The van der Waals surface area contributed by atoms with Crippen LogP contribution in [0.4, 0.5) is 10.1 Å². The highest BCUT2D eigenvalue weighted by Crippen LogP contribution is 2.31. The van der Waals surface area contributed by atoms with Crippen molar-refractivity contribution in [2.75, 3.05) is 4.90 Å². The normalized spacial score (nSPS) is 11.0. The average molecular weight is 437 g/mol. The molecule has 31 heavy (non-hydrogen) atoms. The van der Waals surface area contributed by atoms with Crippen LogP contribution in [0.5, 0.6) is 0 Å². The number of aryl methyl sites for hydroxylation is 2. The van der Waals surface area contributed by atoms with Crippen molar-refractivity contribution in [3.63, 3.8) is 0 Å². The summed E-state index contributed by atoms with van der Waals surface area (Å²) in [7, 11) is 0. The van der Waals surface area contributed by atoms with Gasteiger partial charge in [-0.1, -0.05) is 31.2 Å². The summed E-state index contributed by atoms with van der Waals surface area (Å²) in [6.45, 7) is 6.10. The molecule has 7 nitrogen and oxygen atoms in total. The summed E-state index contributed by atoms with van der Waals surface area (Å²) in [5.74, 6) is -0.237. The van der Waals surface area contributed by atoms with Crippen molar-refractivity contribution in [3.05, 3.63) is 64.5 Å². The van der Waals surface area contributed by atoms with E-state index < -0.39 is 5.82 Å². The van der Waals surface area contributed by atoms with Crippen molar-refractivity contribution >= 4 is 22.9 Å². The highest BCUT2D eigenvalue weighted by molar-refractivity contribution is 7.15. The topological polar surface area (TPSA) is 87.7 Å². The number of amides is 1. The van der Waals surface area contributed by atoms with Gasteiger partial charge in [-0.3, -0.25) is 4.79 Å². The highest BCUT2D eigenvalue weighted by atomic mass is 32.1. The average Bonchev–Trinajstić information content (AvgIpc) is 3.41. The molecule has 0 atom stereocenters. The van der Waals surface area contributed by atoms with Crippen LogP contribution in [-0.2, 0) is 11.3 Å². The maximum atomic E-state index is 14.3. The summed E-state index contributed by atoms with van der Waals surface area (Å²) in [4.78, 5) is 19.9. The quantitative estimate of drug-likeness (QED) is 0.474. The number of tetrazole rings is 1. The Morgan fingerprint density at radius 2 is 1.90 bits per heavy atom. The molecule has 0 aliphatic rings. The second-order valence-corrected chi connectivity index (χ2v) is 8.33. The zero-order valence-electron chi connectivity index (χ0n) is 17.4. The maximum absolute atomic E-state index is 14.3. The Balaban J connectivity index is 1.64. The number of nitrogens with zero attached hydrogens (tertiary/aromatic N) is 5. The third-order valence-electron chi connectivity index (χ3n) is 4.88. The van der Waals surface area contributed by atoms with E-state index in [0.717, 1.165) is 26.7 Å². The van der Waals surface area contributed by atoms with Crippen molar-refractivity contribution in [2.45, 2.75) is 33.7 Å². The van der Waals surface area contributed by atoms with E-state index in [4.69, 9.17) is 0 Å². The van der Waals surface area contributed by atoms with Crippen molar-refractivity contribution in [1.29, 1.82) is 0 Å². The van der Waals surface area contributed by atoms with E-state index >= 15 is 0 Å². The Kier molecular flexibility index (Phi) is 5.85. The molecule has 0 bridgehead atoms. The van der Waals surface area contributed by atoms with Gasteiger partial charge in [0.1, 0.15) is 5.82 Å². The number of hydrogen-bond acceptors (Lipinski definition) is 6. The fourth-order valence-electron chi connectivity index (χ4n) is 3.41. The number of halogens is 1. The van der Waals surface area contributed by atoms with Gasteiger partial charge in [-0.15, -0.1) is 16.4 Å². The minimum Gasteiger partial charge on any atom is -0.308 e. The molecule has 0 saturated carbocycles. The van der Waals surface area contributed by atoms with Gasteiger partial charge in [-0.05, 0) is 53.6 Å². The standard InChI is InChI=1S/C22H21FN6OS/c1-4-20(30)29(19-10-17(9-18(23)11-19)22-25-27-28-26-22)12-15-5-7-16(8-6-15)21-13(2)24-14(3)31-21/h5-11H,4,12H2,1-3H3,(H,25,26,27,28). The number of aromatic nitrogens is 5. The Morgan fingerprint density at radius 1 is 1.13 bits per heavy atom. The molecule has 1 amide bonds. The second-order valence-electron chi connectivity index (χ2n) is 7.13. The van der Waals surface area contributed by atoms with Gasteiger partial charge in [0, 0.05) is 17.7 Å². The monoisotopic (exact) mass is 436 g/mol. The number of H-pyrrole nitrogens is 1.